The van der Waals surface area contributed by atoms with Crippen LogP contribution >= 0.6 is 0 Å². The molecular formula is C31H40N4O8. The molecular weight excluding hydrogens is 556 g/mol. The summed E-state index contributed by atoms with van der Waals surface area (Å²) in [6, 6.07) is 11.9. The number of nitrogens with two attached hydrogens (primary N) is 1. The van der Waals surface area contributed by atoms with E-state index >= 15 is 0 Å². The van der Waals surface area contributed by atoms with E-state index in [0.29, 0.717) is 30.7 Å². The average molecular weight is 597 g/mol. The summed E-state index contributed by atoms with van der Waals surface area (Å²) in [4.78, 5) is 50.4. The van der Waals surface area contributed by atoms with Gasteiger partial charge in [-0.3, -0.25) is 14.2 Å². The maximum Gasteiger partial charge on any atom is 0.419 e. The number of aromatic nitrogens is 1. The number of aryl methyl sites for hydroxylation is 1. The van der Waals surface area contributed by atoms with Crippen LogP contribution in [-0.2, 0) is 32.0 Å². The van der Waals surface area contributed by atoms with Crippen molar-refractivity contribution >= 4 is 29.0 Å². The molecule has 1 aliphatic heterocycles. The SMILES string of the molecule is COCCCn1c(=O)oc2ccc(-c3ccc(CC(NC(=O)C4(NC(=O)O)CCOCC4C(C)(C)C)C(N)=O)cc3)cc21. The third-order valence-corrected chi connectivity index (χ3v) is 8.07. The van der Waals surface area contributed by atoms with E-state index in [9.17, 15) is 24.3 Å². The second-order valence-corrected chi connectivity index (χ2v) is 12.0. The minimum Gasteiger partial charge on any atom is -0.465 e. The van der Waals surface area contributed by atoms with Crippen LogP contribution in [-0.4, -0.2) is 66.1 Å². The molecule has 3 amide bonds. The summed E-state index contributed by atoms with van der Waals surface area (Å²) < 4.78 is 17.7. The summed E-state index contributed by atoms with van der Waals surface area (Å²) >= 11 is 0. The number of methoxy groups -OCH3 is 1. The molecule has 0 spiro atoms. The van der Waals surface area contributed by atoms with Crippen molar-refractivity contribution in [1.29, 1.82) is 0 Å². The molecule has 4 rings (SSSR count). The molecule has 1 saturated heterocycles. The van der Waals surface area contributed by atoms with Crippen molar-refractivity contribution in [3.63, 3.8) is 0 Å². The lowest BCUT2D eigenvalue weighted by atomic mass is 9.66. The molecule has 0 radical (unpaired) electrons. The molecule has 232 valence electrons. The van der Waals surface area contributed by atoms with Gasteiger partial charge < -0.3 is 35.4 Å². The number of carboxylic acid groups (broad SMARTS) is 1. The van der Waals surface area contributed by atoms with Crippen LogP contribution in [0.25, 0.3) is 22.2 Å². The summed E-state index contributed by atoms with van der Waals surface area (Å²) in [5, 5.41) is 14.8. The van der Waals surface area contributed by atoms with Crippen LogP contribution in [0.1, 0.15) is 39.2 Å². The Bertz CT molecular complexity index is 1520. The van der Waals surface area contributed by atoms with Gasteiger partial charge in [-0.15, -0.1) is 0 Å². The molecule has 0 bridgehead atoms. The molecule has 1 aromatic heterocycles. The van der Waals surface area contributed by atoms with Crippen LogP contribution in [0.15, 0.2) is 51.7 Å². The third kappa shape index (κ3) is 7.08. The Morgan fingerprint density at radius 2 is 1.86 bits per heavy atom. The first kappa shape index (κ1) is 31.8. The first-order chi connectivity index (χ1) is 20.4. The van der Waals surface area contributed by atoms with Crippen molar-refractivity contribution in [2.45, 2.75) is 58.2 Å². The van der Waals surface area contributed by atoms with Gasteiger partial charge in [0.1, 0.15) is 11.6 Å². The molecule has 12 heteroatoms. The Hall–Kier alpha value is -4.16. The number of rotatable bonds is 11. The van der Waals surface area contributed by atoms with Gasteiger partial charge in [0, 0.05) is 45.6 Å². The van der Waals surface area contributed by atoms with E-state index in [4.69, 9.17) is 19.6 Å². The van der Waals surface area contributed by atoms with Crippen molar-refractivity contribution in [2.24, 2.45) is 17.1 Å². The quantitative estimate of drug-likeness (QED) is 0.244. The lowest BCUT2D eigenvalue weighted by Gasteiger charge is -2.48. The first-order valence-electron chi connectivity index (χ1n) is 14.3. The summed E-state index contributed by atoms with van der Waals surface area (Å²) in [7, 11) is 1.61. The maximum absolute atomic E-state index is 13.7. The van der Waals surface area contributed by atoms with E-state index in [-0.39, 0.29) is 26.1 Å². The number of nitrogens with zero attached hydrogens (tertiary/aromatic N) is 1. The number of carbonyl (C=O) groups is 3. The van der Waals surface area contributed by atoms with Gasteiger partial charge in [0.15, 0.2) is 5.58 Å². The number of amides is 3. The zero-order valence-corrected chi connectivity index (χ0v) is 25.0. The number of nitrogens with one attached hydrogen (secondary N) is 2. The highest BCUT2D eigenvalue weighted by atomic mass is 16.5. The van der Waals surface area contributed by atoms with Gasteiger partial charge in [-0.1, -0.05) is 51.1 Å². The summed E-state index contributed by atoms with van der Waals surface area (Å²) in [6.45, 7) is 7.11. The van der Waals surface area contributed by atoms with Crippen molar-refractivity contribution in [3.8, 4) is 11.1 Å². The molecule has 3 atom stereocenters. The van der Waals surface area contributed by atoms with E-state index in [1.54, 1.807) is 17.7 Å². The predicted molar refractivity (Wildman–Crippen MR) is 160 cm³/mol. The number of carbonyl (C=O) groups excluding carboxylic acids is 2. The zero-order chi connectivity index (χ0) is 31.4. The molecule has 0 aliphatic carbocycles. The van der Waals surface area contributed by atoms with Gasteiger partial charge in [0.05, 0.1) is 12.1 Å². The fourth-order valence-corrected chi connectivity index (χ4v) is 5.81. The van der Waals surface area contributed by atoms with Crippen molar-refractivity contribution in [2.75, 3.05) is 26.9 Å². The Kier molecular flexibility index (Phi) is 9.61. The lowest BCUT2D eigenvalue weighted by Crippen LogP contribution is -2.69. The smallest absolute Gasteiger partial charge is 0.419 e. The van der Waals surface area contributed by atoms with Gasteiger partial charge in [0.2, 0.25) is 11.8 Å². The maximum atomic E-state index is 13.7. The monoisotopic (exact) mass is 596 g/mol. The van der Waals surface area contributed by atoms with Crippen LogP contribution in [0.3, 0.4) is 0 Å². The van der Waals surface area contributed by atoms with Crippen molar-refractivity contribution < 1.29 is 33.4 Å². The highest BCUT2D eigenvalue weighted by Crippen LogP contribution is 2.40. The molecule has 2 heterocycles. The average Bonchev–Trinajstić information content (AvgIpc) is 3.26. The molecule has 3 aromatic rings. The number of hydrogen-bond donors (Lipinski definition) is 4. The normalized spacial score (nSPS) is 19.6. The molecule has 12 nitrogen and oxygen atoms in total. The minimum absolute atomic E-state index is 0.112. The topological polar surface area (TPSA) is 175 Å². The van der Waals surface area contributed by atoms with Crippen molar-refractivity contribution in [3.05, 3.63) is 58.6 Å². The Labute approximate surface area is 249 Å². The third-order valence-electron chi connectivity index (χ3n) is 8.07. The molecule has 0 saturated carbocycles. The number of ether oxygens (including phenoxy) is 2. The highest BCUT2D eigenvalue weighted by molar-refractivity contribution is 5.94. The van der Waals surface area contributed by atoms with Crippen LogP contribution in [0.2, 0.25) is 0 Å². The molecule has 5 N–H and O–H groups in total. The summed E-state index contributed by atoms with van der Waals surface area (Å²) in [6.07, 6.45) is -0.437. The largest absolute Gasteiger partial charge is 0.465 e. The summed E-state index contributed by atoms with van der Waals surface area (Å²) in [5.41, 5.74) is 7.41. The lowest BCUT2D eigenvalue weighted by molar-refractivity contribution is -0.143. The van der Waals surface area contributed by atoms with Crippen LogP contribution in [0.4, 0.5) is 4.79 Å². The fourth-order valence-electron chi connectivity index (χ4n) is 5.81. The molecule has 1 aliphatic rings. The van der Waals surface area contributed by atoms with E-state index in [0.717, 1.165) is 16.7 Å². The van der Waals surface area contributed by atoms with Crippen LogP contribution in [0.5, 0.6) is 0 Å². The number of fused-ring (bicyclic) bond motifs is 1. The molecule has 43 heavy (non-hydrogen) atoms. The first-order valence-corrected chi connectivity index (χ1v) is 14.3. The van der Waals surface area contributed by atoms with E-state index < -0.39 is 46.6 Å². The standard InChI is InChI=1S/C31H40N4O8/c1-30(2,3)25-18-42-15-12-31(25,34-28(38)39)27(37)33-22(26(32)36)16-19-6-8-20(9-7-19)21-10-11-24-23(17-21)35(29(40)43-24)13-5-14-41-4/h6-11,17,22,25,34H,5,12-16,18H2,1-4H3,(H2,32,36)(H,33,37)(H,38,39). The van der Waals surface area contributed by atoms with Crippen LogP contribution < -0.4 is 22.1 Å². The number of benzene rings is 2. The minimum atomic E-state index is -1.49. The van der Waals surface area contributed by atoms with Gasteiger partial charge in [0.25, 0.3) is 0 Å². The number of primary amides is 1. The Morgan fingerprint density at radius 1 is 1.16 bits per heavy atom. The molecule has 2 aromatic carbocycles. The van der Waals surface area contributed by atoms with E-state index in [1.807, 2.05) is 57.2 Å². The fraction of sp³-hybridized carbons (Fsp3) is 0.484. The van der Waals surface area contributed by atoms with Crippen molar-refractivity contribution in [1.82, 2.24) is 15.2 Å². The van der Waals surface area contributed by atoms with Gasteiger partial charge in [-0.2, -0.15) is 0 Å². The number of oxazole rings is 1. The predicted octanol–water partition coefficient (Wildman–Crippen LogP) is 2.90. The zero-order valence-electron chi connectivity index (χ0n) is 25.0. The van der Waals surface area contributed by atoms with Gasteiger partial charge in [-0.25, -0.2) is 9.59 Å². The van der Waals surface area contributed by atoms with Crippen LogP contribution in [0, 0.1) is 11.3 Å². The second kappa shape index (κ2) is 13.0. The summed E-state index contributed by atoms with van der Waals surface area (Å²) in [5.74, 6) is -2.25. The highest BCUT2D eigenvalue weighted by Gasteiger charge is 2.53. The number of hydrogen-bond acceptors (Lipinski definition) is 7. The Balaban J connectivity index is 1.54. The Morgan fingerprint density at radius 3 is 2.49 bits per heavy atom. The van der Waals surface area contributed by atoms with E-state index in [2.05, 4.69) is 10.6 Å². The van der Waals surface area contributed by atoms with E-state index in [1.165, 1.54) is 0 Å². The molecule has 1 fully saturated rings. The van der Waals surface area contributed by atoms with Gasteiger partial charge >= 0.3 is 11.8 Å². The second-order valence-electron chi connectivity index (χ2n) is 12.0. The molecule has 3 unspecified atom stereocenters. The van der Waals surface area contributed by atoms with Gasteiger partial charge in [-0.05, 0) is 40.7 Å².